The summed E-state index contributed by atoms with van der Waals surface area (Å²) in [6.45, 7) is 2.75. The molecule has 4 heteroatoms. The number of amides is 1. The molecule has 0 radical (unpaired) electrons. The number of unbranched alkanes of at least 4 members (excludes halogenated alkanes) is 5. The molecule has 1 N–H and O–H groups in total. The summed E-state index contributed by atoms with van der Waals surface area (Å²) in [5, 5.41) is 0. The summed E-state index contributed by atoms with van der Waals surface area (Å²) in [7, 11) is 1.31. The van der Waals surface area contributed by atoms with Crippen molar-refractivity contribution in [1.29, 1.82) is 0 Å². The van der Waals surface area contributed by atoms with Crippen LogP contribution in [0.25, 0.3) is 0 Å². The maximum absolute atomic E-state index is 10.5. The van der Waals surface area contributed by atoms with Crippen molar-refractivity contribution in [2.45, 2.75) is 45.4 Å². The van der Waals surface area contributed by atoms with E-state index >= 15 is 0 Å². The number of carbonyl (C=O) groups is 1. The number of hydroxylamine groups is 1. The minimum Gasteiger partial charge on any atom is -0.451 e. The molecule has 0 aliphatic rings. The first kappa shape index (κ1) is 13.2. The van der Waals surface area contributed by atoms with Crippen molar-refractivity contribution in [3.8, 4) is 0 Å². The van der Waals surface area contributed by atoms with Gasteiger partial charge in [-0.2, -0.15) is 5.48 Å². The van der Waals surface area contributed by atoms with Crippen LogP contribution in [0.2, 0.25) is 0 Å². The van der Waals surface area contributed by atoms with Gasteiger partial charge in [-0.15, -0.1) is 0 Å². The smallest absolute Gasteiger partial charge is 0.431 e. The molecule has 84 valence electrons. The lowest BCUT2D eigenvalue weighted by molar-refractivity contribution is 0.0332. The molecule has 0 spiro atoms. The zero-order valence-electron chi connectivity index (χ0n) is 9.17. The Balaban J connectivity index is 2.95. The van der Waals surface area contributed by atoms with Crippen molar-refractivity contribution in [1.82, 2.24) is 5.48 Å². The molecule has 0 saturated carbocycles. The van der Waals surface area contributed by atoms with E-state index in [9.17, 15) is 4.79 Å². The van der Waals surface area contributed by atoms with Crippen molar-refractivity contribution >= 4 is 6.09 Å². The highest BCUT2D eigenvalue weighted by Crippen LogP contribution is 2.04. The Kier molecular flexibility index (Phi) is 9.74. The fourth-order valence-electron chi connectivity index (χ4n) is 1.11. The van der Waals surface area contributed by atoms with Crippen LogP contribution >= 0.6 is 0 Å². The molecule has 0 aromatic heterocycles. The van der Waals surface area contributed by atoms with E-state index in [4.69, 9.17) is 4.84 Å². The monoisotopic (exact) mass is 203 g/mol. The van der Waals surface area contributed by atoms with Crippen LogP contribution in [0.1, 0.15) is 45.4 Å². The molecule has 14 heavy (non-hydrogen) atoms. The summed E-state index contributed by atoms with van der Waals surface area (Å²) in [6.07, 6.45) is 6.70. The summed E-state index contributed by atoms with van der Waals surface area (Å²) in [5.74, 6) is 0. The van der Waals surface area contributed by atoms with E-state index in [0.717, 1.165) is 12.8 Å². The third-order valence-electron chi connectivity index (χ3n) is 1.94. The maximum atomic E-state index is 10.5. The number of hydrogen-bond donors (Lipinski definition) is 1. The molecule has 0 heterocycles. The zero-order chi connectivity index (χ0) is 10.6. The standard InChI is InChI=1S/C10H21NO3/c1-3-4-5-6-7-8-9-14-11-10(12)13-2/h3-9H2,1-2H3,(H,11,12). The molecule has 0 rings (SSSR count). The highest BCUT2D eigenvalue weighted by molar-refractivity contribution is 5.65. The van der Waals surface area contributed by atoms with Gasteiger partial charge in [0.15, 0.2) is 0 Å². The highest BCUT2D eigenvalue weighted by atomic mass is 16.7. The van der Waals surface area contributed by atoms with Gasteiger partial charge in [0, 0.05) is 0 Å². The van der Waals surface area contributed by atoms with Crippen LogP contribution in [0.5, 0.6) is 0 Å². The second kappa shape index (κ2) is 10.3. The number of ether oxygens (including phenoxy) is 1. The van der Waals surface area contributed by atoms with E-state index in [2.05, 4.69) is 17.1 Å². The molecule has 0 fully saturated rings. The summed E-state index contributed by atoms with van der Waals surface area (Å²) in [4.78, 5) is 15.4. The van der Waals surface area contributed by atoms with Crippen LogP contribution in [0, 0.1) is 0 Å². The highest BCUT2D eigenvalue weighted by Gasteiger charge is 1.96. The molecule has 0 saturated heterocycles. The quantitative estimate of drug-likeness (QED) is 0.487. The molecule has 0 aliphatic carbocycles. The average molecular weight is 203 g/mol. The van der Waals surface area contributed by atoms with Crippen molar-refractivity contribution < 1.29 is 14.4 Å². The summed E-state index contributed by atoms with van der Waals surface area (Å²) in [6, 6.07) is 0. The lowest BCUT2D eigenvalue weighted by Gasteiger charge is -2.03. The predicted molar refractivity (Wildman–Crippen MR) is 54.9 cm³/mol. The molecule has 0 aromatic carbocycles. The van der Waals surface area contributed by atoms with Crippen LogP contribution in [0.15, 0.2) is 0 Å². The summed E-state index contributed by atoms with van der Waals surface area (Å²) >= 11 is 0. The second-order valence-corrected chi connectivity index (χ2v) is 3.21. The van der Waals surface area contributed by atoms with Gasteiger partial charge in [-0.3, -0.25) is 4.84 Å². The van der Waals surface area contributed by atoms with Gasteiger partial charge in [-0.1, -0.05) is 39.0 Å². The number of nitrogens with one attached hydrogen (secondary N) is 1. The van der Waals surface area contributed by atoms with Gasteiger partial charge in [0.1, 0.15) is 0 Å². The van der Waals surface area contributed by atoms with E-state index in [0.29, 0.717) is 6.61 Å². The van der Waals surface area contributed by atoms with Crippen LogP contribution < -0.4 is 5.48 Å². The van der Waals surface area contributed by atoms with Crippen LogP contribution in [0.4, 0.5) is 4.79 Å². The minimum atomic E-state index is -0.545. The van der Waals surface area contributed by atoms with Crippen molar-refractivity contribution in [2.75, 3.05) is 13.7 Å². The molecule has 4 nitrogen and oxygen atoms in total. The Labute approximate surface area is 85.9 Å². The molecule has 0 unspecified atom stereocenters. The average Bonchev–Trinajstić information content (AvgIpc) is 2.21. The first-order chi connectivity index (χ1) is 6.81. The Morgan fingerprint density at radius 3 is 2.43 bits per heavy atom. The third-order valence-corrected chi connectivity index (χ3v) is 1.94. The second-order valence-electron chi connectivity index (χ2n) is 3.21. The van der Waals surface area contributed by atoms with Gasteiger partial charge in [-0.25, -0.2) is 4.79 Å². The Morgan fingerprint density at radius 2 is 1.79 bits per heavy atom. The lowest BCUT2D eigenvalue weighted by Crippen LogP contribution is -2.23. The molecule has 0 aliphatic heterocycles. The number of carbonyl (C=O) groups excluding carboxylic acids is 1. The van der Waals surface area contributed by atoms with E-state index in [1.165, 1.54) is 32.8 Å². The molecular formula is C10H21NO3. The molecular weight excluding hydrogens is 182 g/mol. The van der Waals surface area contributed by atoms with Gasteiger partial charge in [0.05, 0.1) is 13.7 Å². The summed E-state index contributed by atoms with van der Waals surface area (Å²) < 4.78 is 4.33. The molecule has 0 aromatic rings. The predicted octanol–water partition coefficient (Wildman–Crippen LogP) is 2.63. The molecule has 1 amide bonds. The lowest BCUT2D eigenvalue weighted by atomic mass is 10.1. The van der Waals surface area contributed by atoms with E-state index in [-0.39, 0.29) is 0 Å². The number of methoxy groups -OCH3 is 1. The van der Waals surface area contributed by atoms with Gasteiger partial charge in [0.2, 0.25) is 0 Å². The minimum absolute atomic E-state index is 0.545. The van der Waals surface area contributed by atoms with Crippen molar-refractivity contribution in [2.24, 2.45) is 0 Å². The normalized spacial score (nSPS) is 9.86. The maximum Gasteiger partial charge on any atom is 0.431 e. The van der Waals surface area contributed by atoms with E-state index < -0.39 is 6.09 Å². The van der Waals surface area contributed by atoms with E-state index in [1.807, 2.05) is 0 Å². The third kappa shape index (κ3) is 9.32. The van der Waals surface area contributed by atoms with Gasteiger partial charge in [0.25, 0.3) is 0 Å². The SMILES string of the molecule is CCCCCCCCONC(=O)OC. The first-order valence-electron chi connectivity index (χ1n) is 5.27. The van der Waals surface area contributed by atoms with Gasteiger partial charge < -0.3 is 4.74 Å². The molecule has 0 bridgehead atoms. The Hall–Kier alpha value is -0.770. The van der Waals surface area contributed by atoms with Crippen molar-refractivity contribution in [3.05, 3.63) is 0 Å². The van der Waals surface area contributed by atoms with Crippen molar-refractivity contribution in [3.63, 3.8) is 0 Å². The number of rotatable bonds is 8. The van der Waals surface area contributed by atoms with E-state index in [1.54, 1.807) is 0 Å². The summed E-state index contributed by atoms with van der Waals surface area (Å²) in [5.41, 5.74) is 2.17. The fraction of sp³-hybridized carbons (Fsp3) is 0.900. The topological polar surface area (TPSA) is 47.6 Å². The van der Waals surface area contributed by atoms with Crippen LogP contribution in [0.3, 0.4) is 0 Å². The zero-order valence-corrected chi connectivity index (χ0v) is 9.17. The first-order valence-corrected chi connectivity index (χ1v) is 5.27. The Bertz CT molecular complexity index is 139. The Morgan fingerprint density at radius 1 is 1.14 bits per heavy atom. The molecule has 0 atom stereocenters. The van der Waals surface area contributed by atoms with Crippen LogP contribution in [-0.4, -0.2) is 19.8 Å². The number of hydrogen-bond acceptors (Lipinski definition) is 3. The van der Waals surface area contributed by atoms with Crippen LogP contribution in [-0.2, 0) is 9.57 Å². The van der Waals surface area contributed by atoms with Gasteiger partial charge in [-0.05, 0) is 6.42 Å². The van der Waals surface area contributed by atoms with Gasteiger partial charge >= 0.3 is 6.09 Å². The largest absolute Gasteiger partial charge is 0.451 e. The fourth-order valence-corrected chi connectivity index (χ4v) is 1.11.